The molecule has 0 bridgehead atoms. The number of halogens is 1. The molecule has 1 N–H and O–H groups in total. The lowest BCUT2D eigenvalue weighted by molar-refractivity contribution is 0.0117. The van der Waals surface area contributed by atoms with Crippen molar-refractivity contribution in [2.24, 2.45) is 0 Å². The maximum Gasteiger partial charge on any atom is 0.318 e. The molecule has 2 amide bonds. The van der Waals surface area contributed by atoms with Gasteiger partial charge in [-0.3, -0.25) is 9.97 Å². The minimum Gasteiger partial charge on any atom is -0.377 e. The van der Waals surface area contributed by atoms with Gasteiger partial charge in [-0.2, -0.15) is 0 Å². The molecule has 3 rings (SSSR count). The average Bonchev–Trinajstić information content (AvgIpc) is 2.63. The van der Waals surface area contributed by atoms with E-state index in [9.17, 15) is 9.18 Å². The molecule has 0 saturated carbocycles. The highest BCUT2D eigenvalue weighted by Gasteiger charge is 2.28. The molecule has 1 aliphatic rings. The third-order valence-corrected chi connectivity index (χ3v) is 3.92. The Balaban J connectivity index is 1.60. The fraction of sp³-hybridized carbons (Fsp3) is 0.353. The number of rotatable bonds is 4. The van der Waals surface area contributed by atoms with Crippen LogP contribution in [0.3, 0.4) is 0 Å². The van der Waals surface area contributed by atoms with Gasteiger partial charge in [-0.25, -0.2) is 9.18 Å². The number of nitrogens with one attached hydrogen (secondary N) is 1. The van der Waals surface area contributed by atoms with E-state index in [-0.39, 0.29) is 17.9 Å². The largest absolute Gasteiger partial charge is 0.377 e. The molecule has 0 unspecified atom stereocenters. The standard InChI is InChI=1S/C17H19FN4O2/c18-14-3-1-13(2-4-14)16-12-24-10-9-22(16)17(23)21-6-5-15-11-19-7-8-20-15/h1-4,7-8,11,16H,5-6,9-10,12H2,(H,21,23)/t16-/m1/s1. The van der Waals surface area contributed by atoms with E-state index in [1.807, 2.05) is 0 Å². The summed E-state index contributed by atoms with van der Waals surface area (Å²) in [5.74, 6) is -0.296. The van der Waals surface area contributed by atoms with Crippen LogP contribution in [0.15, 0.2) is 42.9 Å². The maximum atomic E-state index is 13.1. The minimum atomic E-state index is -0.296. The predicted octanol–water partition coefficient (Wildman–Crippen LogP) is 1.94. The number of nitrogens with zero attached hydrogens (tertiary/aromatic N) is 3. The highest BCUT2D eigenvalue weighted by molar-refractivity contribution is 5.75. The number of benzene rings is 1. The molecule has 126 valence electrons. The van der Waals surface area contributed by atoms with Crippen LogP contribution in [0.2, 0.25) is 0 Å². The predicted molar refractivity (Wildman–Crippen MR) is 85.8 cm³/mol. The number of aromatic nitrogens is 2. The first-order valence-electron chi connectivity index (χ1n) is 7.86. The zero-order chi connectivity index (χ0) is 16.8. The first-order chi connectivity index (χ1) is 11.7. The van der Waals surface area contributed by atoms with E-state index >= 15 is 0 Å². The zero-order valence-electron chi connectivity index (χ0n) is 13.2. The number of carbonyl (C=O) groups excluding carboxylic acids is 1. The summed E-state index contributed by atoms with van der Waals surface area (Å²) in [5.41, 5.74) is 1.69. The van der Waals surface area contributed by atoms with Gasteiger partial charge < -0.3 is 15.0 Å². The van der Waals surface area contributed by atoms with Crippen LogP contribution >= 0.6 is 0 Å². The van der Waals surface area contributed by atoms with Gasteiger partial charge in [0.05, 0.1) is 24.9 Å². The molecular formula is C17H19FN4O2. The van der Waals surface area contributed by atoms with Gasteiger partial charge in [0.15, 0.2) is 0 Å². The Morgan fingerprint density at radius 3 is 2.92 bits per heavy atom. The second kappa shape index (κ2) is 7.83. The van der Waals surface area contributed by atoms with Crippen molar-refractivity contribution in [3.8, 4) is 0 Å². The fourth-order valence-electron chi connectivity index (χ4n) is 2.67. The van der Waals surface area contributed by atoms with Crippen LogP contribution in [0.5, 0.6) is 0 Å². The normalized spacial score (nSPS) is 17.5. The van der Waals surface area contributed by atoms with E-state index in [1.165, 1.54) is 12.1 Å². The lowest BCUT2D eigenvalue weighted by atomic mass is 10.1. The number of amides is 2. The van der Waals surface area contributed by atoms with E-state index in [0.29, 0.717) is 32.7 Å². The third-order valence-electron chi connectivity index (χ3n) is 3.92. The summed E-state index contributed by atoms with van der Waals surface area (Å²) < 4.78 is 18.6. The summed E-state index contributed by atoms with van der Waals surface area (Å²) in [6, 6.07) is 5.80. The number of carbonyl (C=O) groups is 1. The highest BCUT2D eigenvalue weighted by Crippen LogP contribution is 2.24. The van der Waals surface area contributed by atoms with Gasteiger partial charge in [0.2, 0.25) is 0 Å². The zero-order valence-corrected chi connectivity index (χ0v) is 13.2. The highest BCUT2D eigenvalue weighted by atomic mass is 19.1. The van der Waals surface area contributed by atoms with Crippen molar-refractivity contribution >= 4 is 6.03 Å². The van der Waals surface area contributed by atoms with Crippen molar-refractivity contribution in [2.45, 2.75) is 12.5 Å². The number of morpholine rings is 1. The molecule has 2 aromatic rings. The van der Waals surface area contributed by atoms with Crippen molar-refractivity contribution in [1.82, 2.24) is 20.2 Å². The fourth-order valence-corrected chi connectivity index (χ4v) is 2.67. The third kappa shape index (κ3) is 4.05. The summed E-state index contributed by atoms with van der Waals surface area (Å²) in [5, 5.41) is 2.90. The Morgan fingerprint density at radius 1 is 1.33 bits per heavy atom. The second-order valence-electron chi connectivity index (χ2n) is 5.51. The van der Waals surface area contributed by atoms with Crippen LogP contribution in [0.1, 0.15) is 17.3 Å². The number of hydrogen-bond donors (Lipinski definition) is 1. The lowest BCUT2D eigenvalue weighted by Crippen LogP contribution is -2.48. The van der Waals surface area contributed by atoms with Crippen LogP contribution in [0, 0.1) is 5.82 Å². The Morgan fingerprint density at radius 2 is 2.17 bits per heavy atom. The first-order valence-corrected chi connectivity index (χ1v) is 7.86. The van der Waals surface area contributed by atoms with Crippen molar-refractivity contribution in [3.63, 3.8) is 0 Å². The Labute approximate surface area is 139 Å². The van der Waals surface area contributed by atoms with E-state index in [2.05, 4.69) is 15.3 Å². The molecule has 0 radical (unpaired) electrons. The summed E-state index contributed by atoms with van der Waals surface area (Å²) >= 11 is 0. The molecule has 1 saturated heterocycles. The maximum absolute atomic E-state index is 13.1. The van der Waals surface area contributed by atoms with Crippen LogP contribution < -0.4 is 5.32 Å². The molecule has 1 aromatic carbocycles. The molecule has 7 heteroatoms. The molecule has 1 aromatic heterocycles. The van der Waals surface area contributed by atoms with E-state index in [1.54, 1.807) is 35.6 Å². The van der Waals surface area contributed by atoms with E-state index in [0.717, 1.165) is 11.3 Å². The summed E-state index contributed by atoms with van der Waals surface area (Å²) in [6.45, 7) is 1.88. The SMILES string of the molecule is O=C(NCCc1cnccn1)N1CCOC[C@@H]1c1ccc(F)cc1. The average molecular weight is 330 g/mol. The molecular weight excluding hydrogens is 311 g/mol. The van der Waals surface area contributed by atoms with Gasteiger partial charge >= 0.3 is 6.03 Å². The molecule has 1 fully saturated rings. The van der Waals surface area contributed by atoms with Gasteiger partial charge in [0, 0.05) is 38.1 Å². The second-order valence-corrected chi connectivity index (χ2v) is 5.51. The van der Waals surface area contributed by atoms with E-state index < -0.39 is 0 Å². The smallest absolute Gasteiger partial charge is 0.318 e. The van der Waals surface area contributed by atoms with Crippen LogP contribution in [-0.2, 0) is 11.2 Å². The summed E-state index contributed by atoms with van der Waals surface area (Å²) in [6.07, 6.45) is 5.54. The quantitative estimate of drug-likeness (QED) is 0.930. The van der Waals surface area contributed by atoms with Crippen molar-refractivity contribution in [2.75, 3.05) is 26.3 Å². The molecule has 6 nitrogen and oxygen atoms in total. The summed E-state index contributed by atoms with van der Waals surface area (Å²) in [4.78, 5) is 22.4. The lowest BCUT2D eigenvalue weighted by Gasteiger charge is -2.35. The van der Waals surface area contributed by atoms with Crippen LogP contribution in [0.4, 0.5) is 9.18 Å². The first kappa shape index (κ1) is 16.3. The molecule has 24 heavy (non-hydrogen) atoms. The Hall–Kier alpha value is -2.54. The van der Waals surface area contributed by atoms with Gasteiger partial charge in [-0.1, -0.05) is 12.1 Å². The van der Waals surface area contributed by atoms with Crippen LogP contribution in [0.25, 0.3) is 0 Å². The van der Waals surface area contributed by atoms with Crippen molar-refractivity contribution < 1.29 is 13.9 Å². The van der Waals surface area contributed by atoms with Crippen molar-refractivity contribution in [3.05, 3.63) is 59.9 Å². The summed E-state index contributed by atoms with van der Waals surface area (Å²) in [7, 11) is 0. The van der Waals surface area contributed by atoms with Gasteiger partial charge in [-0.15, -0.1) is 0 Å². The molecule has 1 atom stereocenters. The topological polar surface area (TPSA) is 67.4 Å². The van der Waals surface area contributed by atoms with Crippen molar-refractivity contribution in [1.29, 1.82) is 0 Å². The van der Waals surface area contributed by atoms with Crippen LogP contribution in [-0.4, -0.2) is 47.2 Å². The molecule has 0 aliphatic carbocycles. The Kier molecular flexibility index (Phi) is 5.32. The Bertz CT molecular complexity index is 666. The number of urea groups is 1. The monoisotopic (exact) mass is 330 g/mol. The van der Waals surface area contributed by atoms with Gasteiger partial charge in [-0.05, 0) is 17.7 Å². The molecule has 0 spiro atoms. The molecule has 2 heterocycles. The van der Waals surface area contributed by atoms with E-state index in [4.69, 9.17) is 4.74 Å². The van der Waals surface area contributed by atoms with Gasteiger partial charge in [0.1, 0.15) is 5.82 Å². The van der Waals surface area contributed by atoms with Gasteiger partial charge in [0.25, 0.3) is 0 Å². The number of hydrogen-bond acceptors (Lipinski definition) is 4. The molecule has 1 aliphatic heterocycles. The number of ether oxygens (including phenoxy) is 1. The minimum absolute atomic E-state index is 0.156.